The normalized spacial score (nSPS) is 1.82. The Balaban J connectivity index is -0.00000000526. The van der Waals surface area contributed by atoms with Crippen molar-refractivity contribution in [2.24, 2.45) is 0 Å². The summed E-state index contributed by atoms with van der Waals surface area (Å²) in [6.45, 7) is 0. The maximum absolute atomic E-state index is 8.35. The summed E-state index contributed by atoms with van der Waals surface area (Å²) in [7, 11) is 0. The van der Waals surface area contributed by atoms with Gasteiger partial charge in [0.25, 0.3) is 0 Å². The van der Waals surface area contributed by atoms with Gasteiger partial charge in [-0.3, -0.25) is 0 Å². The van der Waals surface area contributed by atoms with Crippen molar-refractivity contribution >= 4 is 30.4 Å². The molecular weight excluding hydrogens is 294 g/mol. The molecule has 0 amide bonds. The molecule has 0 spiro atoms. The molecule has 0 fully saturated rings. The van der Waals surface area contributed by atoms with Crippen molar-refractivity contribution in [3.63, 3.8) is 0 Å². The molecule has 5 N–H and O–H groups in total. The third kappa shape index (κ3) is 445. The molecule has 10 heteroatoms. The summed E-state index contributed by atoms with van der Waals surface area (Å²) in [5.41, 5.74) is 0. The van der Waals surface area contributed by atoms with Gasteiger partial charge in [-0.1, -0.05) is 52.0 Å². The Kier molecular flexibility index (Phi) is 8190. The molecule has 0 aliphatic carbocycles. The standard InChI is InChI=1S/5CHNO.7CH4/c5*2-1-3;;;;;;;/h5*2H;7*1H4. The number of nitrogens with one attached hydrogen (secondary N) is 5. The summed E-state index contributed by atoms with van der Waals surface area (Å²) in [4.78, 5) is 41.7. The second kappa shape index (κ2) is 1420. The number of carbonyl (C=O) groups excluding carboxylic acids is 5. The zero-order valence-electron chi connectivity index (χ0n) is 7.04. The SMILES string of the molecule is C.C.C.C.C.C.C.N=C=O.N=C=O.N=C=O.N=C=O.N=C=O. The van der Waals surface area contributed by atoms with Crippen LogP contribution < -0.4 is 0 Å². The van der Waals surface area contributed by atoms with Gasteiger partial charge in [0.05, 0.1) is 0 Å². The van der Waals surface area contributed by atoms with Crippen molar-refractivity contribution in [2.75, 3.05) is 0 Å². The molecule has 0 saturated heterocycles. The van der Waals surface area contributed by atoms with Gasteiger partial charge in [0, 0.05) is 0 Å². The molecule has 10 nitrogen and oxygen atoms in total. The van der Waals surface area contributed by atoms with Crippen LogP contribution in [0.4, 0.5) is 0 Å². The van der Waals surface area contributed by atoms with E-state index < -0.39 is 0 Å². The van der Waals surface area contributed by atoms with Crippen LogP contribution in [0.2, 0.25) is 0 Å². The number of hydrogen-bond donors (Lipinski definition) is 5. The van der Waals surface area contributed by atoms with E-state index in [1.165, 1.54) is 0 Å². The smallest absolute Gasteiger partial charge is 0.222 e. The molecule has 0 heterocycles. The third-order valence-corrected chi connectivity index (χ3v) is 0. The Morgan fingerprint density at radius 1 is 0.318 bits per heavy atom. The van der Waals surface area contributed by atoms with E-state index in [2.05, 4.69) is 0 Å². The second-order valence-corrected chi connectivity index (χ2v) is 0.510. The highest BCUT2D eigenvalue weighted by Gasteiger charge is 1.04. The topological polar surface area (TPSA) is 205 Å². The lowest BCUT2D eigenvalue weighted by Crippen LogP contribution is -1.16. The highest BCUT2D eigenvalue weighted by Crippen LogP contribution is 0.880. The summed E-state index contributed by atoms with van der Waals surface area (Å²) in [6.07, 6.45) is 3.75. The maximum Gasteiger partial charge on any atom is 0.231 e. The van der Waals surface area contributed by atoms with E-state index >= 15 is 0 Å². The first-order chi connectivity index (χ1) is 7.07. The van der Waals surface area contributed by atoms with Crippen molar-refractivity contribution in [2.45, 2.75) is 52.0 Å². The minimum absolute atomic E-state index is 0. The maximum atomic E-state index is 8.35. The summed E-state index contributed by atoms with van der Waals surface area (Å²) in [6, 6.07) is 0. The van der Waals surface area contributed by atoms with E-state index in [4.69, 9.17) is 51.0 Å². The molecule has 0 aromatic rings. The van der Waals surface area contributed by atoms with Gasteiger partial charge in [-0.25, -0.2) is 51.0 Å². The molecule has 0 aromatic heterocycles. The van der Waals surface area contributed by atoms with Gasteiger partial charge in [0.15, 0.2) is 0 Å². The highest BCUT2D eigenvalue weighted by molar-refractivity contribution is 5.27. The lowest BCUT2D eigenvalue weighted by Gasteiger charge is -1.02. The van der Waals surface area contributed by atoms with Gasteiger partial charge in [0.1, 0.15) is 0 Å². The van der Waals surface area contributed by atoms with Crippen molar-refractivity contribution in [1.29, 1.82) is 27.0 Å². The van der Waals surface area contributed by atoms with Gasteiger partial charge >= 0.3 is 0 Å². The van der Waals surface area contributed by atoms with E-state index in [1.54, 1.807) is 0 Å². The molecule has 0 aromatic carbocycles. The summed E-state index contributed by atoms with van der Waals surface area (Å²) < 4.78 is 0. The largest absolute Gasteiger partial charge is 0.231 e. The number of rotatable bonds is 0. The zero-order chi connectivity index (χ0) is 13.5. The monoisotopic (exact) mass is 327 g/mol. The molecule has 0 aliphatic heterocycles. The van der Waals surface area contributed by atoms with Crippen LogP contribution in [-0.4, -0.2) is 30.4 Å². The summed E-state index contributed by atoms with van der Waals surface area (Å²) >= 11 is 0. The fourth-order valence-corrected chi connectivity index (χ4v) is 0. The van der Waals surface area contributed by atoms with Crippen molar-refractivity contribution in [3.05, 3.63) is 0 Å². The Morgan fingerprint density at radius 2 is 0.318 bits per heavy atom. The lowest BCUT2D eigenvalue weighted by molar-refractivity contribution is 0.562. The summed E-state index contributed by atoms with van der Waals surface area (Å²) in [5.74, 6) is 0. The van der Waals surface area contributed by atoms with Crippen LogP contribution in [0.25, 0.3) is 0 Å². The predicted molar refractivity (Wildman–Crippen MR) is 89.2 cm³/mol. The van der Waals surface area contributed by atoms with Gasteiger partial charge in [-0.15, -0.1) is 0 Å². The van der Waals surface area contributed by atoms with Crippen LogP contribution in [0, 0.1) is 27.0 Å². The fourth-order valence-electron chi connectivity index (χ4n) is 0. The molecule has 0 bridgehead atoms. The molecule has 0 radical (unpaired) electrons. The molecule has 0 saturated carbocycles. The average Bonchev–Trinajstić information content (AvgIpc) is 2.09. The van der Waals surface area contributed by atoms with Gasteiger partial charge in [0.2, 0.25) is 30.4 Å². The highest BCUT2D eigenvalue weighted by atomic mass is 16.1. The van der Waals surface area contributed by atoms with Crippen LogP contribution in [0.1, 0.15) is 52.0 Å². The zero-order valence-corrected chi connectivity index (χ0v) is 7.04. The molecule has 0 aliphatic rings. The van der Waals surface area contributed by atoms with Crippen LogP contribution >= 0.6 is 0 Å². The van der Waals surface area contributed by atoms with Crippen LogP contribution in [0.15, 0.2) is 0 Å². The van der Waals surface area contributed by atoms with Crippen molar-refractivity contribution in [1.82, 2.24) is 0 Å². The van der Waals surface area contributed by atoms with E-state index in [9.17, 15) is 0 Å². The van der Waals surface area contributed by atoms with Crippen LogP contribution in [-0.2, 0) is 24.0 Å². The van der Waals surface area contributed by atoms with E-state index in [-0.39, 0.29) is 52.0 Å². The van der Waals surface area contributed by atoms with E-state index in [0.717, 1.165) is 30.4 Å². The fraction of sp³-hybridized carbons (Fsp3) is 0.583. The molecule has 136 valence electrons. The first-order valence-electron chi connectivity index (χ1n) is 2.27. The van der Waals surface area contributed by atoms with Crippen LogP contribution in [0.5, 0.6) is 0 Å². The summed E-state index contributed by atoms with van der Waals surface area (Å²) in [5, 5.41) is 27.0. The van der Waals surface area contributed by atoms with Crippen molar-refractivity contribution in [3.8, 4) is 0 Å². The molecule has 0 rings (SSSR count). The molecule has 0 unspecified atom stereocenters. The van der Waals surface area contributed by atoms with Gasteiger partial charge in [-0.05, 0) is 0 Å². The van der Waals surface area contributed by atoms with E-state index in [1.807, 2.05) is 0 Å². The second-order valence-electron chi connectivity index (χ2n) is 0.510. The van der Waals surface area contributed by atoms with E-state index in [0.29, 0.717) is 0 Å². The Bertz CT molecular complexity index is 207. The predicted octanol–water partition coefficient (Wildman–Crippen LogP) is 3.96. The van der Waals surface area contributed by atoms with Crippen molar-refractivity contribution < 1.29 is 24.0 Å². The van der Waals surface area contributed by atoms with Gasteiger partial charge in [-0.2, -0.15) is 0 Å². The Morgan fingerprint density at radius 3 is 0.318 bits per heavy atom. The molecule has 0 atom stereocenters. The first kappa shape index (κ1) is 127. The quantitative estimate of drug-likeness (QED) is 0.330. The average molecular weight is 327 g/mol. The minimum atomic E-state index is 0. The molecular formula is C12H33N5O5. The molecule has 22 heavy (non-hydrogen) atoms. The Hall–Kier alpha value is -3.10. The lowest BCUT2D eigenvalue weighted by atomic mass is 11.7. The van der Waals surface area contributed by atoms with Crippen LogP contribution in [0.3, 0.4) is 0 Å². The minimum Gasteiger partial charge on any atom is -0.222 e. The first-order valence-corrected chi connectivity index (χ1v) is 2.27. The third-order valence-electron chi connectivity index (χ3n) is 0. The number of isocyanates is 5. The number of hydrogen-bond acceptors (Lipinski definition) is 10. The Labute approximate surface area is 134 Å². The van der Waals surface area contributed by atoms with Gasteiger partial charge < -0.3 is 0 Å².